The summed E-state index contributed by atoms with van der Waals surface area (Å²) in [5, 5.41) is 2.81. The zero-order chi connectivity index (χ0) is 21.9. The Labute approximate surface area is 183 Å². The molecule has 0 amide bonds. The van der Waals surface area contributed by atoms with E-state index in [2.05, 4.69) is 11.6 Å². The predicted octanol–water partition coefficient (Wildman–Crippen LogP) is 6.44. The third kappa shape index (κ3) is 3.32. The molecule has 1 N–H and O–H groups in total. The second-order valence-electron chi connectivity index (χ2n) is 9.01. The lowest BCUT2D eigenvalue weighted by Gasteiger charge is -2.17. The Kier molecular flexibility index (Phi) is 4.63. The van der Waals surface area contributed by atoms with Crippen LogP contribution in [-0.4, -0.2) is 8.42 Å². The van der Waals surface area contributed by atoms with Crippen molar-refractivity contribution in [1.29, 1.82) is 0 Å². The van der Waals surface area contributed by atoms with Crippen molar-refractivity contribution >= 4 is 37.5 Å². The molecule has 3 aromatic carbocycles. The highest BCUT2D eigenvalue weighted by atomic mass is 32.2. The number of furan rings is 1. The molecule has 0 radical (unpaired) electrons. The molecular formula is C26H27NO3S. The zero-order valence-electron chi connectivity index (χ0n) is 18.4. The first kappa shape index (κ1) is 20.1. The summed E-state index contributed by atoms with van der Waals surface area (Å²) in [4.78, 5) is 0.322. The quantitative estimate of drug-likeness (QED) is 0.405. The Bertz CT molecular complexity index is 1450. The van der Waals surface area contributed by atoms with Crippen molar-refractivity contribution in [2.75, 3.05) is 4.72 Å². The minimum atomic E-state index is -3.74. The molecule has 1 heterocycles. The summed E-state index contributed by atoms with van der Waals surface area (Å²) >= 11 is 0. The van der Waals surface area contributed by atoms with Crippen molar-refractivity contribution in [3.63, 3.8) is 0 Å². The molecule has 1 atom stereocenters. The van der Waals surface area contributed by atoms with Crippen LogP contribution in [0, 0.1) is 26.7 Å². The molecule has 1 aliphatic carbocycles. The van der Waals surface area contributed by atoms with Crippen molar-refractivity contribution in [3.05, 3.63) is 70.5 Å². The van der Waals surface area contributed by atoms with Gasteiger partial charge < -0.3 is 4.42 Å². The first-order valence-electron chi connectivity index (χ1n) is 10.8. The molecule has 4 nitrogen and oxygen atoms in total. The molecule has 0 saturated heterocycles. The number of aryl methyl sites for hydroxylation is 4. The lowest BCUT2D eigenvalue weighted by molar-refractivity contribution is 0.439. The predicted molar refractivity (Wildman–Crippen MR) is 126 cm³/mol. The van der Waals surface area contributed by atoms with Gasteiger partial charge in [-0.3, -0.25) is 4.72 Å². The zero-order valence-corrected chi connectivity index (χ0v) is 19.2. The number of benzene rings is 3. The number of hydrogen-bond donors (Lipinski definition) is 1. The number of hydrogen-bond acceptors (Lipinski definition) is 3. The number of sulfonamides is 1. The maximum atomic E-state index is 13.4. The van der Waals surface area contributed by atoms with Crippen LogP contribution in [0.4, 0.5) is 5.69 Å². The number of fused-ring (bicyclic) bond motifs is 5. The van der Waals surface area contributed by atoms with Gasteiger partial charge in [0.1, 0.15) is 11.3 Å². The summed E-state index contributed by atoms with van der Waals surface area (Å²) in [5.41, 5.74) is 5.48. The number of nitrogens with one attached hydrogen (secondary N) is 1. The van der Waals surface area contributed by atoms with Gasteiger partial charge in [0.25, 0.3) is 10.0 Å². The molecule has 31 heavy (non-hydrogen) atoms. The van der Waals surface area contributed by atoms with Gasteiger partial charge in [0.15, 0.2) is 0 Å². The third-order valence-electron chi connectivity index (χ3n) is 6.62. The summed E-state index contributed by atoms with van der Waals surface area (Å²) < 4.78 is 36.0. The van der Waals surface area contributed by atoms with Crippen LogP contribution in [0.1, 0.15) is 41.4 Å². The fraction of sp³-hybridized carbons (Fsp3) is 0.308. The molecule has 0 fully saturated rings. The monoisotopic (exact) mass is 433 g/mol. The van der Waals surface area contributed by atoms with Crippen molar-refractivity contribution in [3.8, 4) is 0 Å². The van der Waals surface area contributed by atoms with Crippen LogP contribution >= 0.6 is 0 Å². The Balaban J connectivity index is 1.71. The highest BCUT2D eigenvalue weighted by Gasteiger charge is 2.25. The SMILES string of the molecule is Cc1cc(C)c(S(=O)(=O)Nc2cc3c4c(oc3c3ccccc23)CCC(C)C4)cc1C. The van der Waals surface area contributed by atoms with Gasteiger partial charge in [-0.1, -0.05) is 37.3 Å². The Morgan fingerprint density at radius 1 is 0.935 bits per heavy atom. The third-order valence-corrected chi connectivity index (χ3v) is 8.13. The van der Waals surface area contributed by atoms with Crippen molar-refractivity contribution in [2.45, 2.75) is 51.9 Å². The molecule has 5 rings (SSSR count). The maximum Gasteiger partial charge on any atom is 0.262 e. The van der Waals surface area contributed by atoms with E-state index in [4.69, 9.17) is 4.42 Å². The molecule has 4 aromatic rings. The van der Waals surface area contributed by atoms with Crippen molar-refractivity contribution < 1.29 is 12.8 Å². The second kappa shape index (κ2) is 7.13. The van der Waals surface area contributed by atoms with Gasteiger partial charge >= 0.3 is 0 Å². The van der Waals surface area contributed by atoms with E-state index in [1.54, 1.807) is 6.07 Å². The molecule has 5 heteroatoms. The summed E-state index contributed by atoms with van der Waals surface area (Å²) in [5.74, 6) is 1.64. The van der Waals surface area contributed by atoms with Crippen LogP contribution in [0.15, 0.2) is 51.8 Å². The molecule has 1 aliphatic rings. The first-order valence-corrected chi connectivity index (χ1v) is 12.3. The summed E-state index contributed by atoms with van der Waals surface area (Å²) in [7, 11) is -3.74. The van der Waals surface area contributed by atoms with Gasteiger partial charge in [0, 0.05) is 28.1 Å². The second-order valence-corrected chi connectivity index (χ2v) is 10.7. The van der Waals surface area contributed by atoms with Gasteiger partial charge in [-0.2, -0.15) is 0 Å². The molecule has 0 bridgehead atoms. The molecule has 1 aromatic heterocycles. The summed E-state index contributed by atoms with van der Waals surface area (Å²) in [6.07, 6.45) is 3.02. The highest BCUT2D eigenvalue weighted by Crippen LogP contribution is 2.41. The van der Waals surface area contributed by atoms with Gasteiger partial charge in [-0.15, -0.1) is 0 Å². The van der Waals surface area contributed by atoms with Gasteiger partial charge in [-0.25, -0.2) is 8.42 Å². The molecule has 0 aliphatic heterocycles. The van der Waals surface area contributed by atoms with E-state index in [-0.39, 0.29) is 0 Å². The van der Waals surface area contributed by atoms with Crippen LogP contribution in [-0.2, 0) is 22.9 Å². The van der Waals surface area contributed by atoms with Crippen LogP contribution in [0.2, 0.25) is 0 Å². The van der Waals surface area contributed by atoms with Crippen molar-refractivity contribution in [1.82, 2.24) is 0 Å². The minimum Gasteiger partial charge on any atom is -0.460 e. The molecule has 0 spiro atoms. The van der Waals surface area contributed by atoms with E-state index in [1.807, 2.05) is 57.2 Å². The topological polar surface area (TPSA) is 59.3 Å². The molecule has 160 valence electrons. The van der Waals surface area contributed by atoms with Crippen LogP contribution < -0.4 is 4.72 Å². The van der Waals surface area contributed by atoms with Gasteiger partial charge in [0.05, 0.1) is 10.6 Å². The highest BCUT2D eigenvalue weighted by molar-refractivity contribution is 7.92. The van der Waals surface area contributed by atoms with Crippen LogP contribution in [0.3, 0.4) is 0 Å². The van der Waals surface area contributed by atoms with E-state index in [0.717, 1.165) is 63.5 Å². The van der Waals surface area contributed by atoms with Crippen molar-refractivity contribution in [2.24, 2.45) is 5.92 Å². The average molecular weight is 434 g/mol. The average Bonchev–Trinajstić information content (AvgIpc) is 3.08. The van der Waals surface area contributed by atoms with E-state index in [1.165, 1.54) is 5.56 Å². The Morgan fingerprint density at radius 3 is 2.42 bits per heavy atom. The van der Waals surface area contributed by atoms with Crippen LogP contribution in [0.25, 0.3) is 21.7 Å². The molecule has 1 unspecified atom stereocenters. The number of rotatable bonds is 3. The summed E-state index contributed by atoms with van der Waals surface area (Å²) in [6, 6.07) is 13.5. The van der Waals surface area contributed by atoms with E-state index in [0.29, 0.717) is 16.5 Å². The van der Waals surface area contributed by atoms with E-state index in [9.17, 15) is 8.42 Å². The minimum absolute atomic E-state index is 0.322. The maximum absolute atomic E-state index is 13.4. The molecular weight excluding hydrogens is 406 g/mol. The first-order chi connectivity index (χ1) is 14.7. The fourth-order valence-corrected chi connectivity index (χ4v) is 6.16. The lowest BCUT2D eigenvalue weighted by Crippen LogP contribution is -2.15. The number of anilines is 1. The van der Waals surface area contributed by atoms with Gasteiger partial charge in [-0.05, 0) is 68.4 Å². The Morgan fingerprint density at radius 2 is 1.65 bits per heavy atom. The van der Waals surface area contributed by atoms with E-state index >= 15 is 0 Å². The molecule has 0 saturated carbocycles. The fourth-order valence-electron chi connectivity index (χ4n) is 4.78. The van der Waals surface area contributed by atoms with E-state index < -0.39 is 10.0 Å². The van der Waals surface area contributed by atoms with Crippen LogP contribution in [0.5, 0.6) is 0 Å². The summed E-state index contributed by atoms with van der Waals surface area (Å²) in [6.45, 7) is 8.04. The largest absolute Gasteiger partial charge is 0.460 e. The normalized spacial score (nSPS) is 16.6. The van der Waals surface area contributed by atoms with Gasteiger partial charge in [0.2, 0.25) is 0 Å². The smallest absolute Gasteiger partial charge is 0.262 e. The lowest BCUT2D eigenvalue weighted by atomic mass is 9.87. The standard InChI is InChI=1S/C26H27NO3S/c1-15-9-10-24-21(11-15)22-14-23(19-7-5-6-8-20(19)26(22)30-24)27-31(28,29)25-13-17(3)16(2)12-18(25)4/h5-8,12-15,27H,9-11H2,1-4H3. The Hall–Kier alpha value is -2.79.